The smallest absolute Gasteiger partial charge is 0.124 e. The topological polar surface area (TPSA) is 12.0 Å². The van der Waals surface area contributed by atoms with Gasteiger partial charge in [-0.25, -0.2) is 4.39 Å². The van der Waals surface area contributed by atoms with Crippen LogP contribution in [0.3, 0.4) is 0 Å². The van der Waals surface area contributed by atoms with Crippen LogP contribution in [-0.4, -0.2) is 6.54 Å². The average molecular weight is 364 g/mol. The zero-order valence-corrected chi connectivity index (χ0v) is 14.0. The van der Waals surface area contributed by atoms with Crippen LogP contribution in [0.5, 0.6) is 0 Å². The molecule has 0 bridgehead atoms. The van der Waals surface area contributed by atoms with Gasteiger partial charge >= 0.3 is 0 Å². The first-order valence-corrected chi connectivity index (χ1v) is 8.52. The second kappa shape index (κ2) is 6.26. The molecule has 108 valence electrons. The lowest BCUT2D eigenvalue weighted by atomic mass is 9.97. The Kier molecular flexibility index (Phi) is 4.38. The number of benzene rings is 2. The molecule has 0 fully saturated rings. The van der Waals surface area contributed by atoms with Crippen molar-refractivity contribution in [3.05, 3.63) is 69.3 Å². The molecule has 3 rings (SSSR count). The van der Waals surface area contributed by atoms with Crippen molar-refractivity contribution in [2.24, 2.45) is 0 Å². The minimum atomic E-state index is -0.222. The van der Waals surface area contributed by atoms with Crippen LogP contribution in [0.15, 0.2) is 52.3 Å². The Hall–Kier alpha value is -1.23. The number of halogens is 2. The number of hydrogen-bond donors (Lipinski definition) is 1. The Bertz CT molecular complexity index is 748. The first kappa shape index (κ1) is 14.7. The Morgan fingerprint density at radius 1 is 1.24 bits per heavy atom. The minimum absolute atomic E-state index is 0.00986. The van der Waals surface area contributed by atoms with Crippen LogP contribution in [0.2, 0.25) is 0 Å². The predicted octanol–water partition coefficient (Wildman–Crippen LogP) is 5.50. The van der Waals surface area contributed by atoms with Gasteiger partial charge in [0.05, 0.1) is 6.04 Å². The Morgan fingerprint density at radius 3 is 2.86 bits per heavy atom. The Morgan fingerprint density at radius 2 is 2.10 bits per heavy atom. The number of nitrogens with one attached hydrogen (secondary N) is 1. The zero-order chi connectivity index (χ0) is 14.8. The van der Waals surface area contributed by atoms with Crippen molar-refractivity contribution in [3.63, 3.8) is 0 Å². The maximum atomic E-state index is 13.7. The van der Waals surface area contributed by atoms with E-state index in [-0.39, 0.29) is 11.9 Å². The van der Waals surface area contributed by atoms with E-state index in [0.29, 0.717) is 0 Å². The molecule has 0 spiro atoms. The fourth-order valence-electron chi connectivity index (χ4n) is 2.60. The van der Waals surface area contributed by atoms with Crippen LogP contribution in [0.4, 0.5) is 4.39 Å². The van der Waals surface area contributed by atoms with Gasteiger partial charge in [-0.2, -0.15) is 0 Å². The summed E-state index contributed by atoms with van der Waals surface area (Å²) in [7, 11) is 0. The molecule has 21 heavy (non-hydrogen) atoms. The van der Waals surface area contributed by atoms with Crippen molar-refractivity contribution in [3.8, 4) is 0 Å². The van der Waals surface area contributed by atoms with Crippen molar-refractivity contribution in [1.29, 1.82) is 0 Å². The van der Waals surface area contributed by atoms with Crippen molar-refractivity contribution in [1.82, 2.24) is 5.32 Å². The monoisotopic (exact) mass is 363 g/mol. The van der Waals surface area contributed by atoms with Gasteiger partial charge < -0.3 is 5.32 Å². The number of hydrogen-bond acceptors (Lipinski definition) is 2. The molecule has 1 N–H and O–H groups in total. The molecule has 1 aromatic heterocycles. The molecule has 1 unspecified atom stereocenters. The average Bonchev–Trinajstić information content (AvgIpc) is 2.92. The van der Waals surface area contributed by atoms with E-state index in [9.17, 15) is 4.39 Å². The lowest BCUT2D eigenvalue weighted by Gasteiger charge is -2.20. The van der Waals surface area contributed by atoms with Crippen LogP contribution in [0.1, 0.15) is 24.1 Å². The largest absolute Gasteiger partial charge is 0.306 e. The third-order valence-electron chi connectivity index (χ3n) is 3.45. The fraction of sp³-hybridized carbons (Fsp3) is 0.176. The minimum Gasteiger partial charge on any atom is -0.306 e. The molecule has 1 atom stereocenters. The van der Waals surface area contributed by atoms with E-state index in [1.54, 1.807) is 17.4 Å². The van der Waals surface area contributed by atoms with Crippen molar-refractivity contribution in [2.75, 3.05) is 6.54 Å². The van der Waals surface area contributed by atoms with Gasteiger partial charge in [0, 0.05) is 9.17 Å². The van der Waals surface area contributed by atoms with Gasteiger partial charge in [-0.1, -0.05) is 41.1 Å². The highest BCUT2D eigenvalue weighted by atomic mass is 79.9. The van der Waals surface area contributed by atoms with E-state index >= 15 is 0 Å². The highest BCUT2D eigenvalue weighted by molar-refractivity contribution is 9.10. The molecule has 0 saturated heterocycles. The van der Waals surface area contributed by atoms with Crippen LogP contribution < -0.4 is 5.32 Å². The summed E-state index contributed by atoms with van der Waals surface area (Å²) >= 11 is 5.11. The van der Waals surface area contributed by atoms with E-state index in [4.69, 9.17) is 0 Å². The predicted molar refractivity (Wildman–Crippen MR) is 91.4 cm³/mol. The number of fused-ring (bicyclic) bond motifs is 1. The molecule has 0 amide bonds. The molecule has 3 aromatic rings. The lowest BCUT2D eigenvalue weighted by molar-refractivity contribution is 0.604. The second-order valence-corrected chi connectivity index (χ2v) is 6.71. The quantitative estimate of drug-likeness (QED) is 0.644. The molecule has 1 heterocycles. The summed E-state index contributed by atoms with van der Waals surface area (Å²) < 4.78 is 15.8. The standard InChI is InChI=1S/C17H15BrFNS/c1-2-20-16(12-8-13(18)10-14(19)9-12)15-5-3-4-11-6-7-21-17(11)15/h3-10,16,20H,2H2,1H3. The highest BCUT2D eigenvalue weighted by Gasteiger charge is 2.17. The molecular weight excluding hydrogens is 349 g/mol. The van der Waals surface area contributed by atoms with E-state index in [0.717, 1.165) is 16.6 Å². The molecular formula is C17H15BrFNS. The molecule has 4 heteroatoms. The zero-order valence-electron chi connectivity index (χ0n) is 11.6. The summed E-state index contributed by atoms with van der Waals surface area (Å²) in [6, 6.07) is 13.5. The lowest BCUT2D eigenvalue weighted by Crippen LogP contribution is -2.22. The van der Waals surface area contributed by atoms with Crippen molar-refractivity contribution < 1.29 is 4.39 Å². The summed E-state index contributed by atoms with van der Waals surface area (Å²) in [4.78, 5) is 0. The summed E-state index contributed by atoms with van der Waals surface area (Å²) in [5.74, 6) is -0.222. The van der Waals surface area contributed by atoms with Crippen molar-refractivity contribution >= 4 is 37.4 Å². The van der Waals surface area contributed by atoms with Gasteiger partial charge in [0.25, 0.3) is 0 Å². The fourth-order valence-corrected chi connectivity index (χ4v) is 4.02. The molecule has 0 aliphatic carbocycles. The highest BCUT2D eigenvalue weighted by Crippen LogP contribution is 2.33. The van der Waals surface area contributed by atoms with E-state index in [2.05, 4.69) is 57.8 Å². The third kappa shape index (κ3) is 3.03. The van der Waals surface area contributed by atoms with Crippen molar-refractivity contribution in [2.45, 2.75) is 13.0 Å². The third-order valence-corrected chi connectivity index (χ3v) is 4.88. The normalized spacial score (nSPS) is 12.7. The molecule has 0 aliphatic heterocycles. The first-order chi connectivity index (χ1) is 10.2. The van der Waals surface area contributed by atoms with Gasteiger partial charge in [0.15, 0.2) is 0 Å². The number of rotatable bonds is 4. The second-order valence-electron chi connectivity index (χ2n) is 4.88. The summed E-state index contributed by atoms with van der Waals surface area (Å²) in [5, 5.41) is 6.80. The van der Waals surface area contributed by atoms with Gasteiger partial charge in [0.1, 0.15) is 5.82 Å². The maximum absolute atomic E-state index is 13.7. The summed E-state index contributed by atoms with van der Waals surface area (Å²) in [5.41, 5.74) is 2.13. The summed E-state index contributed by atoms with van der Waals surface area (Å²) in [6.07, 6.45) is 0. The molecule has 2 aromatic carbocycles. The van der Waals surface area contributed by atoms with Gasteiger partial charge in [-0.15, -0.1) is 11.3 Å². The van der Waals surface area contributed by atoms with Gasteiger partial charge in [0.2, 0.25) is 0 Å². The first-order valence-electron chi connectivity index (χ1n) is 6.84. The van der Waals surface area contributed by atoms with Crippen LogP contribution in [-0.2, 0) is 0 Å². The summed E-state index contributed by atoms with van der Waals surface area (Å²) in [6.45, 7) is 2.89. The van der Waals surface area contributed by atoms with Gasteiger partial charge in [-0.05, 0) is 52.7 Å². The SMILES string of the molecule is CCNC(c1cc(F)cc(Br)c1)c1cccc2ccsc12. The van der Waals surface area contributed by atoms with E-state index < -0.39 is 0 Å². The molecule has 0 saturated carbocycles. The molecule has 0 radical (unpaired) electrons. The Labute approximate surface area is 135 Å². The number of thiophene rings is 1. The van der Waals surface area contributed by atoms with Crippen LogP contribution in [0, 0.1) is 5.82 Å². The molecule has 0 aliphatic rings. The van der Waals surface area contributed by atoms with Crippen LogP contribution in [0.25, 0.3) is 10.1 Å². The Balaban J connectivity index is 2.15. The maximum Gasteiger partial charge on any atom is 0.124 e. The van der Waals surface area contributed by atoms with E-state index in [1.807, 2.05) is 6.07 Å². The van der Waals surface area contributed by atoms with Crippen LogP contribution >= 0.6 is 27.3 Å². The van der Waals surface area contributed by atoms with Gasteiger partial charge in [-0.3, -0.25) is 0 Å². The van der Waals surface area contributed by atoms with E-state index in [1.165, 1.54) is 21.7 Å². The molecule has 1 nitrogen and oxygen atoms in total.